The Hall–Kier alpha value is -0.570. The lowest BCUT2D eigenvalue weighted by molar-refractivity contribution is -0.138. The summed E-state index contributed by atoms with van der Waals surface area (Å²) < 4.78 is 0. The molecule has 0 aromatic carbocycles. The van der Waals surface area contributed by atoms with Crippen LogP contribution in [-0.4, -0.2) is 22.3 Å². The van der Waals surface area contributed by atoms with E-state index >= 15 is 0 Å². The van der Waals surface area contributed by atoms with E-state index in [1.165, 1.54) is 0 Å². The number of carboxylic acids is 1. The zero-order valence-electron chi connectivity index (χ0n) is 6.49. The van der Waals surface area contributed by atoms with Crippen molar-refractivity contribution in [3.8, 4) is 0 Å². The molecule has 3 heteroatoms. The predicted octanol–water partition coefficient (Wildman–Crippen LogP) is 1.01. The molecule has 0 radical (unpaired) electrons. The molecule has 64 valence electrons. The first kappa shape index (κ1) is 8.53. The Morgan fingerprint density at radius 1 is 1.45 bits per heavy atom. The van der Waals surface area contributed by atoms with E-state index in [1.54, 1.807) is 0 Å². The summed E-state index contributed by atoms with van der Waals surface area (Å²) in [6.07, 6.45) is 3.41. The van der Waals surface area contributed by atoms with E-state index in [1.807, 2.05) is 0 Å². The molecule has 0 heterocycles. The number of aliphatic hydroxyl groups is 1. The average molecular weight is 158 g/mol. The molecule has 1 fully saturated rings. The third kappa shape index (κ3) is 2.89. The number of aliphatic carboxylic acids is 1. The number of rotatable bonds is 2. The molecule has 1 aliphatic carbocycles. The van der Waals surface area contributed by atoms with Gasteiger partial charge in [-0.05, 0) is 25.2 Å². The van der Waals surface area contributed by atoms with Crippen molar-refractivity contribution >= 4 is 5.97 Å². The third-order valence-electron chi connectivity index (χ3n) is 2.22. The maximum absolute atomic E-state index is 10.3. The van der Waals surface area contributed by atoms with Crippen molar-refractivity contribution in [3.05, 3.63) is 0 Å². The number of carboxylic acid groups (broad SMARTS) is 1. The lowest BCUT2D eigenvalue weighted by Gasteiger charge is -2.24. The van der Waals surface area contributed by atoms with Crippen LogP contribution in [0.3, 0.4) is 0 Å². The van der Waals surface area contributed by atoms with Crippen LogP contribution in [0.15, 0.2) is 0 Å². The van der Waals surface area contributed by atoms with Crippen molar-refractivity contribution in [2.24, 2.45) is 5.92 Å². The number of hydrogen-bond acceptors (Lipinski definition) is 2. The zero-order chi connectivity index (χ0) is 8.27. The molecule has 1 unspecified atom stereocenters. The summed E-state index contributed by atoms with van der Waals surface area (Å²) in [6.45, 7) is 0. The van der Waals surface area contributed by atoms with Crippen molar-refractivity contribution in [1.82, 2.24) is 0 Å². The molecular formula is C8H14O3. The molecule has 0 aromatic rings. The van der Waals surface area contributed by atoms with Crippen LogP contribution in [0.25, 0.3) is 0 Å². The third-order valence-corrected chi connectivity index (χ3v) is 2.22. The maximum Gasteiger partial charge on any atom is 0.303 e. The molecule has 0 bridgehead atoms. The predicted molar refractivity (Wildman–Crippen MR) is 40.2 cm³/mol. The van der Waals surface area contributed by atoms with Crippen LogP contribution in [0.2, 0.25) is 0 Å². The Kier molecular flexibility index (Phi) is 2.88. The minimum Gasteiger partial charge on any atom is -0.481 e. The molecular weight excluding hydrogens is 144 g/mol. The summed E-state index contributed by atoms with van der Waals surface area (Å²) in [5, 5.41) is 17.7. The second-order valence-electron chi connectivity index (χ2n) is 3.28. The molecule has 2 atom stereocenters. The molecule has 1 rings (SSSR count). The van der Waals surface area contributed by atoms with Gasteiger partial charge in [-0.1, -0.05) is 6.42 Å². The lowest BCUT2D eigenvalue weighted by atomic mass is 9.85. The first-order valence-corrected chi connectivity index (χ1v) is 4.08. The first-order chi connectivity index (χ1) is 5.18. The normalized spacial score (nSPS) is 31.7. The van der Waals surface area contributed by atoms with Crippen LogP contribution in [0.1, 0.15) is 32.1 Å². The van der Waals surface area contributed by atoms with E-state index in [4.69, 9.17) is 5.11 Å². The molecule has 2 N–H and O–H groups in total. The monoisotopic (exact) mass is 158 g/mol. The summed E-state index contributed by atoms with van der Waals surface area (Å²) in [5.74, 6) is -0.541. The summed E-state index contributed by atoms with van der Waals surface area (Å²) >= 11 is 0. The van der Waals surface area contributed by atoms with Crippen LogP contribution in [0, 0.1) is 5.92 Å². The molecule has 0 spiro atoms. The summed E-state index contributed by atoms with van der Waals surface area (Å²) in [7, 11) is 0. The zero-order valence-corrected chi connectivity index (χ0v) is 6.49. The van der Waals surface area contributed by atoms with Gasteiger partial charge in [0.1, 0.15) is 0 Å². The van der Waals surface area contributed by atoms with E-state index < -0.39 is 5.97 Å². The van der Waals surface area contributed by atoms with Gasteiger partial charge in [-0.15, -0.1) is 0 Å². The van der Waals surface area contributed by atoms with Crippen LogP contribution in [0.4, 0.5) is 0 Å². The van der Waals surface area contributed by atoms with Crippen molar-refractivity contribution < 1.29 is 15.0 Å². The fraction of sp³-hybridized carbons (Fsp3) is 0.875. The molecule has 0 saturated heterocycles. The average Bonchev–Trinajstić information content (AvgIpc) is 1.85. The Balaban J connectivity index is 2.28. The highest BCUT2D eigenvalue weighted by Crippen LogP contribution is 2.26. The van der Waals surface area contributed by atoms with Crippen LogP contribution in [0.5, 0.6) is 0 Å². The lowest BCUT2D eigenvalue weighted by Crippen LogP contribution is -2.21. The quantitative estimate of drug-likeness (QED) is 0.630. The summed E-state index contributed by atoms with van der Waals surface area (Å²) in [6, 6.07) is 0. The van der Waals surface area contributed by atoms with Crippen LogP contribution >= 0.6 is 0 Å². The van der Waals surface area contributed by atoms with Gasteiger partial charge in [-0.2, -0.15) is 0 Å². The maximum atomic E-state index is 10.3. The number of aliphatic hydroxyl groups excluding tert-OH is 1. The Bertz CT molecular complexity index is 144. The van der Waals surface area contributed by atoms with E-state index in [-0.39, 0.29) is 18.4 Å². The van der Waals surface area contributed by atoms with Gasteiger partial charge in [0.15, 0.2) is 0 Å². The number of carbonyl (C=O) groups is 1. The topological polar surface area (TPSA) is 57.5 Å². The van der Waals surface area contributed by atoms with E-state index in [0.717, 1.165) is 19.3 Å². The molecule has 0 aromatic heterocycles. The van der Waals surface area contributed by atoms with Crippen LogP contribution < -0.4 is 0 Å². The first-order valence-electron chi connectivity index (χ1n) is 4.08. The smallest absolute Gasteiger partial charge is 0.303 e. The van der Waals surface area contributed by atoms with Gasteiger partial charge in [0.25, 0.3) is 0 Å². The minimum absolute atomic E-state index is 0.205. The van der Waals surface area contributed by atoms with Gasteiger partial charge in [0.2, 0.25) is 0 Å². The molecule has 0 aliphatic heterocycles. The van der Waals surface area contributed by atoms with E-state index in [2.05, 4.69) is 0 Å². The molecule has 0 amide bonds. The van der Waals surface area contributed by atoms with Crippen molar-refractivity contribution in [2.45, 2.75) is 38.2 Å². The highest BCUT2D eigenvalue weighted by atomic mass is 16.4. The Morgan fingerprint density at radius 2 is 2.18 bits per heavy atom. The minimum atomic E-state index is -0.746. The summed E-state index contributed by atoms with van der Waals surface area (Å²) in [5.41, 5.74) is 0. The van der Waals surface area contributed by atoms with Crippen LogP contribution in [-0.2, 0) is 4.79 Å². The van der Waals surface area contributed by atoms with Gasteiger partial charge in [-0.3, -0.25) is 4.79 Å². The summed E-state index contributed by atoms with van der Waals surface area (Å²) in [4.78, 5) is 10.3. The molecule has 3 nitrogen and oxygen atoms in total. The second-order valence-corrected chi connectivity index (χ2v) is 3.28. The molecule has 1 aliphatic rings. The Morgan fingerprint density at radius 3 is 2.73 bits per heavy atom. The van der Waals surface area contributed by atoms with Crippen molar-refractivity contribution in [1.29, 1.82) is 0 Å². The highest BCUT2D eigenvalue weighted by Gasteiger charge is 2.21. The molecule has 1 saturated carbocycles. The number of hydrogen-bond donors (Lipinski definition) is 2. The SMILES string of the molecule is O=C(O)C[C@H]1CCCC(O)C1. The Labute approximate surface area is 66.0 Å². The second kappa shape index (κ2) is 3.72. The van der Waals surface area contributed by atoms with E-state index in [9.17, 15) is 9.90 Å². The van der Waals surface area contributed by atoms with Gasteiger partial charge in [-0.25, -0.2) is 0 Å². The highest BCUT2D eigenvalue weighted by molar-refractivity contribution is 5.67. The van der Waals surface area contributed by atoms with Gasteiger partial charge < -0.3 is 10.2 Å². The van der Waals surface area contributed by atoms with Gasteiger partial charge in [0, 0.05) is 6.42 Å². The van der Waals surface area contributed by atoms with E-state index in [0.29, 0.717) is 6.42 Å². The van der Waals surface area contributed by atoms with Crippen molar-refractivity contribution in [3.63, 3.8) is 0 Å². The van der Waals surface area contributed by atoms with Gasteiger partial charge >= 0.3 is 5.97 Å². The largest absolute Gasteiger partial charge is 0.481 e. The standard InChI is InChI=1S/C8H14O3/c9-7-3-1-2-6(4-7)5-8(10)11/h6-7,9H,1-5H2,(H,10,11)/t6-,7?/m0/s1. The molecule has 11 heavy (non-hydrogen) atoms. The fourth-order valence-corrected chi connectivity index (χ4v) is 1.69. The van der Waals surface area contributed by atoms with Gasteiger partial charge in [0.05, 0.1) is 6.10 Å². The fourth-order valence-electron chi connectivity index (χ4n) is 1.69. The van der Waals surface area contributed by atoms with Crippen molar-refractivity contribution in [2.75, 3.05) is 0 Å².